The van der Waals surface area contributed by atoms with Gasteiger partial charge in [0.15, 0.2) is 0 Å². The predicted molar refractivity (Wildman–Crippen MR) is 111 cm³/mol. The minimum atomic E-state index is -0.144. The zero-order valence-electron chi connectivity index (χ0n) is 16.8. The lowest BCUT2D eigenvalue weighted by Crippen LogP contribution is -2.49. The van der Waals surface area contributed by atoms with Crippen LogP contribution in [0.4, 0.5) is 0 Å². The van der Waals surface area contributed by atoms with Crippen molar-refractivity contribution in [1.29, 1.82) is 0 Å². The van der Waals surface area contributed by atoms with Crippen molar-refractivity contribution in [3.8, 4) is 0 Å². The molecule has 5 nitrogen and oxygen atoms in total. The zero-order chi connectivity index (χ0) is 20.1. The van der Waals surface area contributed by atoms with Gasteiger partial charge >= 0.3 is 0 Å². The number of hydrogen-bond donors (Lipinski definition) is 0. The average molecular weight is 401 g/mol. The van der Waals surface area contributed by atoms with Crippen LogP contribution < -0.4 is 0 Å². The largest absolute Gasteiger partial charge is 0.375 e. The highest BCUT2D eigenvalue weighted by Crippen LogP contribution is 2.37. The van der Waals surface area contributed by atoms with E-state index in [0.717, 1.165) is 18.4 Å². The summed E-state index contributed by atoms with van der Waals surface area (Å²) in [5.41, 5.74) is 2.31. The Kier molecular flexibility index (Phi) is 6.86. The number of thiophene rings is 1. The first kappa shape index (κ1) is 20.6. The van der Waals surface area contributed by atoms with Crippen molar-refractivity contribution in [1.82, 2.24) is 9.80 Å². The molecule has 28 heavy (non-hydrogen) atoms. The molecule has 1 aromatic carbocycles. The van der Waals surface area contributed by atoms with E-state index in [0.29, 0.717) is 6.54 Å². The molecule has 2 aromatic rings. The molecule has 6 heteroatoms. The van der Waals surface area contributed by atoms with E-state index in [-0.39, 0.29) is 37.0 Å². The van der Waals surface area contributed by atoms with E-state index in [1.54, 1.807) is 16.2 Å². The lowest BCUT2D eigenvalue weighted by Gasteiger charge is -2.38. The third kappa shape index (κ3) is 4.28. The van der Waals surface area contributed by atoms with Crippen molar-refractivity contribution in [2.45, 2.75) is 38.8 Å². The molecule has 0 N–H and O–H groups in total. The van der Waals surface area contributed by atoms with Gasteiger partial charge in [-0.15, -0.1) is 11.3 Å². The maximum Gasteiger partial charge on any atom is 0.249 e. The number of amides is 2. The van der Waals surface area contributed by atoms with Crippen LogP contribution in [0, 0.1) is 0 Å². The maximum absolute atomic E-state index is 13.3. The lowest BCUT2D eigenvalue weighted by molar-refractivity contribution is -0.145. The number of ether oxygens (including phenoxy) is 1. The molecular weight excluding hydrogens is 372 g/mol. The molecule has 0 bridgehead atoms. The summed E-state index contributed by atoms with van der Waals surface area (Å²) in [7, 11) is 1.50. The van der Waals surface area contributed by atoms with E-state index in [4.69, 9.17) is 4.74 Å². The minimum Gasteiger partial charge on any atom is -0.375 e. The average Bonchev–Trinajstić information content (AvgIpc) is 3.20. The number of fused-ring (bicyclic) bond motifs is 1. The van der Waals surface area contributed by atoms with Crippen molar-refractivity contribution in [2.24, 2.45) is 0 Å². The first-order valence-corrected chi connectivity index (χ1v) is 10.6. The molecule has 1 aromatic heterocycles. The van der Waals surface area contributed by atoms with Crippen LogP contribution in [-0.4, -0.2) is 54.5 Å². The Labute approximate surface area is 170 Å². The summed E-state index contributed by atoms with van der Waals surface area (Å²) < 4.78 is 5.02. The van der Waals surface area contributed by atoms with E-state index in [2.05, 4.69) is 23.6 Å². The monoisotopic (exact) mass is 400 g/mol. The fourth-order valence-electron chi connectivity index (χ4n) is 3.73. The van der Waals surface area contributed by atoms with Crippen molar-refractivity contribution >= 4 is 23.2 Å². The van der Waals surface area contributed by atoms with Crippen LogP contribution in [0.15, 0.2) is 41.8 Å². The van der Waals surface area contributed by atoms with Gasteiger partial charge in [-0.25, -0.2) is 0 Å². The van der Waals surface area contributed by atoms with Gasteiger partial charge in [0.05, 0.1) is 6.04 Å². The number of carbonyl (C=O) groups is 2. The van der Waals surface area contributed by atoms with E-state index in [9.17, 15) is 9.59 Å². The van der Waals surface area contributed by atoms with Crippen LogP contribution in [0.3, 0.4) is 0 Å². The van der Waals surface area contributed by atoms with Crippen molar-refractivity contribution in [2.75, 3.05) is 26.8 Å². The number of hydrogen-bond acceptors (Lipinski definition) is 4. The van der Waals surface area contributed by atoms with Crippen LogP contribution in [0.1, 0.15) is 42.3 Å². The number of carbonyl (C=O) groups excluding carboxylic acids is 2. The SMILES string of the molecule is CCC(C)N(CC(=O)N1CCc2sccc2C1c1ccccc1)C(=O)COC. The summed E-state index contributed by atoms with van der Waals surface area (Å²) in [6.07, 6.45) is 1.65. The lowest BCUT2D eigenvalue weighted by atomic mass is 9.93. The summed E-state index contributed by atoms with van der Waals surface area (Å²) in [6, 6.07) is 12.2. The Hall–Kier alpha value is -2.18. The molecule has 0 aliphatic carbocycles. The molecular formula is C22H28N2O3S. The quantitative estimate of drug-likeness (QED) is 0.715. The molecule has 3 rings (SSSR count). The molecule has 0 radical (unpaired) electrons. The highest BCUT2D eigenvalue weighted by Gasteiger charge is 2.34. The van der Waals surface area contributed by atoms with Gasteiger partial charge in [-0.2, -0.15) is 0 Å². The first-order chi connectivity index (χ1) is 13.6. The van der Waals surface area contributed by atoms with E-state index in [1.807, 2.05) is 36.9 Å². The molecule has 0 saturated carbocycles. The van der Waals surface area contributed by atoms with Crippen LogP contribution in [0.2, 0.25) is 0 Å². The van der Waals surface area contributed by atoms with Gasteiger partial charge in [0, 0.05) is 24.6 Å². The topological polar surface area (TPSA) is 49.9 Å². The summed E-state index contributed by atoms with van der Waals surface area (Å²) in [5.74, 6) is -0.162. The van der Waals surface area contributed by atoms with Crippen molar-refractivity contribution in [3.05, 3.63) is 57.8 Å². The summed E-state index contributed by atoms with van der Waals surface area (Å²) >= 11 is 1.75. The first-order valence-electron chi connectivity index (χ1n) is 9.75. The van der Waals surface area contributed by atoms with E-state index >= 15 is 0 Å². The summed E-state index contributed by atoms with van der Waals surface area (Å²) in [4.78, 5) is 30.8. The van der Waals surface area contributed by atoms with E-state index in [1.165, 1.54) is 17.6 Å². The maximum atomic E-state index is 13.3. The number of methoxy groups -OCH3 is 1. The second kappa shape index (κ2) is 9.34. The van der Waals surface area contributed by atoms with Crippen LogP contribution in [0.5, 0.6) is 0 Å². The van der Waals surface area contributed by atoms with Crippen molar-refractivity contribution in [3.63, 3.8) is 0 Å². The van der Waals surface area contributed by atoms with Crippen molar-refractivity contribution < 1.29 is 14.3 Å². The molecule has 2 unspecified atom stereocenters. The number of nitrogens with zero attached hydrogens (tertiary/aromatic N) is 2. The molecule has 2 atom stereocenters. The third-order valence-corrected chi connectivity index (χ3v) is 6.41. The Morgan fingerprint density at radius 2 is 2.04 bits per heavy atom. The van der Waals surface area contributed by atoms with Gasteiger partial charge in [-0.1, -0.05) is 37.3 Å². The fraction of sp³-hybridized carbons (Fsp3) is 0.455. The normalized spacial score (nSPS) is 17.1. The van der Waals surface area contributed by atoms with Gasteiger partial charge in [0.2, 0.25) is 11.8 Å². The Morgan fingerprint density at radius 1 is 1.29 bits per heavy atom. The van der Waals surface area contributed by atoms with Crippen LogP contribution in [0.25, 0.3) is 0 Å². The van der Waals surface area contributed by atoms with E-state index < -0.39 is 0 Å². The summed E-state index contributed by atoms with van der Waals surface area (Å²) in [5, 5.41) is 2.10. The van der Waals surface area contributed by atoms with Gasteiger partial charge < -0.3 is 14.5 Å². The second-order valence-electron chi connectivity index (χ2n) is 7.16. The molecule has 0 spiro atoms. The fourth-order valence-corrected chi connectivity index (χ4v) is 4.64. The molecule has 0 saturated heterocycles. The highest BCUT2D eigenvalue weighted by molar-refractivity contribution is 7.10. The smallest absolute Gasteiger partial charge is 0.249 e. The standard InChI is InChI=1S/C22H28N2O3S/c1-4-16(2)24(21(26)15-27-3)14-20(25)23-12-10-19-18(11-13-28-19)22(23)17-8-6-5-7-9-17/h5-9,11,13,16,22H,4,10,12,14-15H2,1-3H3. The van der Waals surface area contributed by atoms with Crippen LogP contribution in [-0.2, 0) is 20.7 Å². The Bertz CT molecular complexity index is 805. The third-order valence-electron chi connectivity index (χ3n) is 5.42. The molecule has 1 aliphatic rings. The molecule has 2 heterocycles. The summed E-state index contributed by atoms with van der Waals surface area (Å²) in [6.45, 7) is 4.74. The number of benzene rings is 1. The molecule has 2 amide bonds. The molecule has 0 fully saturated rings. The predicted octanol–water partition coefficient (Wildman–Crippen LogP) is 3.50. The van der Waals surface area contributed by atoms with Crippen LogP contribution >= 0.6 is 11.3 Å². The van der Waals surface area contributed by atoms with Gasteiger partial charge in [-0.05, 0) is 42.3 Å². The number of rotatable bonds is 7. The Morgan fingerprint density at radius 3 is 2.71 bits per heavy atom. The molecule has 1 aliphatic heterocycles. The Balaban J connectivity index is 1.87. The second-order valence-corrected chi connectivity index (χ2v) is 8.16. The van der Waals surface area contributed by atoms with Gasteiger partial charge in [0.25, 0.3) is 0 Å². The minimum absolute atomic E-state index is 0.00554. The molecule has 150 valence electrons. The van der Waals surface area contributed by atoms with Gasteiger partial charge in [0.1, 0.15) is 13.2 Å². The highest BCUT2D eigenvalue weighted by atomic mass is 32.1. The van der Waals surface area contributed by atoms with Gasteiger partial charge in [-0.3, -0.25) is 9.59 Å². The zero-order valence-corrected chi connectivity index (χ0v) is 17.6.